The molecule has 0 saturated heterocycles. The number of rotatable bonds is 3. The Bertz CT molecular complexity index is 82.5. The van der Waals surface area contributed by atoms with Gasteiger partial charge in [-0.25, -0.2) is 0 Å². The molecular formula is C5H12N2O. The van der Waals surface area contributed by atoms with Crippen molar-refractivity contribution in [1.82, 2.24) is 0 Å². The van der Waals surface area contributed by atoms with E-state index in [1.54, 1.807) is 0 Å². The fraction of sp³-hybridized carbons (Fsp3) is 0.800. The van der Waals surface area contributed by atoms with Gasteiger partial charge in [0.05, 0.1) is 6.04 Å². The Morgan fingerprint density at radius 1 is 1.75 bits per heavy atom. The molecule has 0 heterocycles. The van der Waals surface area contributed by atoms with Crippen LogP contribution < -0.4 is 11.5 Å². The van der Waals surface area contributed by atoms with Gasteiger partial charge in [0.1, 0.15) is 0 Å². The molecule has 0 radical (unpaired) electrons. The van der Waals surface area contributed by atoms with Gasteiger partial charge in [0.2, 0.25) is 5.91 Å². The molecule has 0 saturated carbocycles. The van der Waals surface area contributed by atoms with E-state index >= 15 is 0 Å². The second-order valence-electron chi connectivity index (χ2n) is 1.80. The van der Waals surface area contributed by atoms with E-state index in [0.29, 0.717) is 6.42 Å². The highest BCUT2D eigenvalue weighted by molar-refractivity contribution is 5.79. The lowest BCUT2D eigenvalue weighted by Crippen LogP contribution is -2.35. The van der Waals surface area contributed by atoms with Gasteiger partial charge in [0, 0.05) is 0 Å². The molecule has 0 rings (SSSR count). The summed E-state index contributed by atoms with van der Waals surface area (Å²) in [6.07, 6.45) is 1.60. The molecule has 4 N–H and O–H groups in total. The summed E-state index contributed by atoms with van der Waals surface area (Å²) in [6, 6.07) is -0.444. The van der Waals surface area contributed by atoms with E-state index in [1.165, 1.54) is 0 Å². The van der Waals surface area contributed by atoms with Crippen molar-refractivity contribution in [3.63, 3.8) is 0 Å². The SMILES string of the molecule is CCC[C@H](N)C(N)=O. The Hall–Kier alpha value is -0.570. The third kappa shape index (κ3) is 2.58. The average molecular weight is 116 g/mol. The van der Waals surface area contributed by atoms with Crippen LogP contribution in [0, 0.1) is 0 Å². The van der Waals surface area contributed by atoms with Gasteiger partial charge in [-0.2, -0.15) is 0 Å². The van der Waals surface area contributed by atoms with Crippen molar-refractivity contribution in [2.75, 3.05) is 0 Å². The number of carbonyl (C=O) groups is 1. The molecule has 0 aliphatic rings. The lowest BCUT2D eigenvalue weighted by molar-refractivity contribution is -0.119. The Balaban J connectivity index is 3.32. The normalized spacial score (nSPS) is 13.2. The number of nitrogens with two attached hydrogens (primary N) is 2. The van der Waals surface area contributed by atoms with Crippen molar-refractivity contribution in [3.05, 3.63) is 0 Å². The lowest BCUT2D eigenvalue weighted by Gasteiger charge is -2.01. The van der Waals surface area contributed by atoms with E-state index in [2.05, 4.69) is 0 Å². The maximum absolute atomic E-state index is 10.2. The zero-order valence-electron chi connectivity index (χ0n) is 5.05. The van der Waals surface area contributed by atoms with Gasteiger partial charge in [-0.05, 0) is 6.42 Å². The van der Waals surface area contributed by atoms with Gasteiger partial charge in [-0.15, -0.1) is 0 Å². The smallest absolute Gasteiger partial charge is 0.234 e. The molecular weight excluding hydrogens is 104 g/mol. The molecule has 0 fully saturated rings. The summed E-state index contributed by atoms with van der Waals surface area (Å²) in [7, 11) is 0. The Morgan fingerprint density at radius 2 is 2.25 bits per heavy atom. The predicted octanol–water partition coefficient (Wildman–Crippen LogP) is -0.401. The highest BCUT2D eigenvalue weighted by Crippen LogP contribution is 1.89. The van der Waals surface area contributed by atoms with Crippen LogP contribution in [0.2, 0.25) is 0 Å². The topological polar surface area (TPSA) is 69.1 Å². The molecule has 0 aliphatic heterocycles. The van der Waals surface area contributed by atoms with Crippen LogP contribution in [0.25, 0.3) is 0 Å². The quantitative estimate of drug-likeness (QED) is 0.526. The monoisotopic (exact) mass is 116 g/mol. The van der Waals surface area contributed by atoms with Crippen LogP contribution in [-0.2, 0) is 4.79 Å². The van der Waals surface area contributed by atoms with Gasteiger partial charge in [0.15, 0.2) is 0 Å². The number of carbonyl (C=O) groups excluding carboxylic acids is 1. The number of hydrogen-bond donors (Lipinski definition) is 2. The first-order valence-corrected chi connectivity index (χ1v) is 2.73. The number of amides is 1. The first kappa shape index (κ1) is 7.43. The van der Waals surface area contributed by atoms with Gasteiger partial charge < -0.3 is 11.5 Å². The molecule has 0 aliphatic carbocycles. The molecule has 8 heavy (non-hydrogen) atoms. The van der Waals surface area contributed by atoms with Crippen molar-refractivity contribution in [3.8, 4) is 0 Å². The van der Waals surface area contributed by atoms with Crippen LogP contribution in [-0.4, -0.2) is 11.9 Å². The second-order valence-corrected chi connectivity index (χ2v) is 1.80. The van der Waals surface area contributed by atoms with Crippen molar-refractivity contribution in [2.24, 2.45) is 11.5 Å². The largest absolute Gasteiger partial charge is 0.368 e. The molecule has 1 atom stereocenters. The summed E-state index contributed by atoms with van der Waals surface area (Å²) in [6.45, 7) is 1.96. The van der Waals surface area contributed by atoms with Gasteiger partial charge >= 0.3 is 0 Å². The molecule has 0 unspecified atom stereocenters. The summed E-state index contributed by atoms with van der Waals surface area (Å²) in [5, 5.41) is 0. The molecule has 0 aromatic rings. The van der Waals surface area contributed by atoms with Crippen LogP contribution >= 0.6 is 0 Å². The van der Waals surface area contributed by atoms with Crippen LogP contribution in [0.15, 0.2) is 0 Å². The van der Waals surface area contributed by atoms with E-state index < -0.39 is 11.9 Å². The van der Waals surface area contributed by atoms with Crippen molar-refractivity contribution >= 4 is 5.91 Å². The molecule has 48 valence electrons. The predicted molar refractivity (Wildman–Crippen MR) is 32.1 cm³/mol. The summed E-state index contributed by atoms with van der Waals surface area (Å²) in [4.78, 5) is 10.2. The van der Waals surface area contributed by atoms with Crippen molar-refractivity contribution in [2.45, 2.75) is 25.8 Å². The van der Waals surface area contributed by atoms with Crippen molar-refractivity contribution in [1.29, 1.82) is 0 Å². The summed E-state index contributed by atoms with van der Waals surface area (Å²) in [5.74, 6) is -0.410. The molecule has 1 amide bonds. The Kier molecular flexibility index (Phi) is 3.19. The van der Waals surface area contributed by atoms with Crippen LogP contribution in [0.5, 0.6) is 0 Å². The zero-order valence-corrected chi connectivity index (χ0v) is 5.05. The zero-order chi connectivity index (χ0) is 6.57. The molecule has 3 heteroatoms. The first-order chi connectivity index (χ1) is 3.68. The fourth-order valence-electron chi connectivity index (χ4n) is 0.453. The number of hydrogen-bond acceptors (Lipinski definition) is 2. The van der Waals surface area contributed by atoms with Crippen LogP contribution in [0.3, 0.4) is 0 Å². The van der Waals surface area contributed by atoms with Crippen LogP contribution in [0.1, 0.15) is 19.8 Å². The third-order valence-corrected chi connectivity index (χ3v) is 0.965. The minimum Gasteiger partial charge on any atom is -0.368 e. The fourth-order valence-corrected chi connectivity index (χ4v) is 0.453. The minimum atomic E-state index is -0.444. The van der Waals surface area contributed by atoms with E-state index in [1.807, 2.05) is 6.92 Å². The molecule has 3 nitrogen and oxygen atoms in total. The van der Waals surface area contributed by atoms with E-state index in [9.17, 15) is 4.79 Å². The van der Waals surface area contributed by atoms with Gasteiger partial charge in [-0.1, -0.05) is 13.3 Å². The maximum atomic E-state index is 10.2. The van der Waals surface area contributed by atoms with E-state index in [4.69, 9.17) is 11.5 Å². The highest BCUT2D eigenvalue weighted by Gasteiger charge is 2.05. The second kappa shape index (κ2) is 3.43. The number of primary amides is 1. The average Bonchev–Trinajstić information content (AvgIpc) is 1.67. The Morgan fingerprint density at radius 3 is 2.38 bits per heavy atom. The van der Waals surface area contributed by atoms with Crippen LogP contribution in [0.4, 0.5) is 0 Å². The standard InChI is InChI=1S/C5H12N2O/c1-2-3-4(6)5(7)8/h4H,2-3,6H2,1H3,(H2,7,8)/t4-/m0/s1. The maximum Gasteiger partial charge on any atom is 0.234 e. The highest BCUT2D eigenvalue weighted by atomic mass is 16.1. The third-order valence-electron chi connectivity index (χ3n) is 0.965. The van der Waals surface area contributed by atoms with Crippen molar-refractivity contribution < 1.29 is 4.79 Å². The summed E-state index contributed by atoms with van der Waals surface area (Å²) < 4.78 is 0. The molecule has 0 aromatic carbocycles. The summed E-state index contributed by atoms with van der Waals surface area (Å²) >= 11 is 0. The molecule has 0 spiro atoms. The Labute approximate surface area is 49.0 Å². The summed E-state index contributed by atoms with van der Waals surface area (Å²) in [5.41, 5.74) is 10.1. The van der Waals surface area contributed by atoms with E-state index in [-0.39, 0.29) is 0 Å². The van der Waals surface area contributed by atoms with Gasteiger partial charge in [0.25, 0.3) is 0 Å². The van der Waals surface area contributed by atoms with E-state index in [0.717, 1.165) is 6.42 Å². The van der Waals surface area contributed by atoms with Gasteiger partial charge in [-0.3, -0.25) is 4.79 Å². The molecule has 0 aromatic heterocycles. The minimum absolute atomic E-state index is 0.410. The molecule has 0 bridgehead atoms. The lowest BCUT2D eigenvalue weighted by atomic mass is 10.2. The first-order valence-electron chi connectivity index (χ1n) is 2.73.